The molecule has 0 spiro atoms. The maximum atomic E-state index is 10.0. The fourth-order valence-corrected chi connectivity index (χ4v) is 1.38. The minimum atomic E-state index is 0.649. The van der Waals surface area contributed by atoms with Gasteiger partial charge in [-0.3, -0.25) is 0 Å². The van der Waals surface area contributed by atoms with Gasteiger partial charge in [-0.15, -0.1) is 0 Å². The van der Waals surface area contributed by atoms with Crippen LogP contribution in [0, 0.1) is 0 Å². The van der Waals surface area contributed by atoms with Gasteiger partial charge in [0, 0.05) is 18.8 Å². The van der Waals surface area contributed by atoms with Gasteiger partial charge in [-0.2, -0.15) is 4.99 Å². The predicted molar refractivity (Wildman–Crippen MR) is 57.8 cm³/mol. The third-order valence-corrected chi connectivity index (χ3v) is 2.15. The molecule has 14 heavy (non-hydrogen) atoms. The smallest absolute Gasteiger partial charge is 0.240 e. The highest BCUT2D eigenvalue weighted by molar-refractivity contribution is 5.55. The molecule has 0 fully saturated rings. The molecule has 0 unspecified atom stereocenters. The number of aliphatic imine (C=N–C) groups is 1. The first-order valence-electron chi connectivity index (χ1n) is 4.74. The maximum absolute atomic E-state index is 10.0. The molecule has 0 aliphatic rings. The van der Waals surface area contributed by atoms with Crippen LogP contribution in [-0.2, 0) is 4.79 Å². The molecule has 74 valence electrons. The molecule has 0 N–H and O–H groups in total. The minimum Gasteiger partial charge on any atom is -0.372 e. The summed E-state index contributed by atoms with van der Waals surface area (Å²) in [5.74, 6) is 0. The highest BCUT2D eigenvalue weighted by atomic mass is 16.1. The van der Waals surface area contributed by atoms with Gasteiger partial charge in [0.15, 0.2) is 0 Å². The first kappa shape index (κ1) is 10.5. The average Bonchev–Trinajstić information content (AvgIpc) is 2.23. The molecule has 0 radical (unpaired) electrons. The summed E-state index contributed by atoms with van der Waals surface area (Å²) in [5, 5.41) is 0. The summed E-state index contributed by atoms with van der Waals surface area (Å²) in [5.41, 5.74) is 1.80. The van der Waals surface area contributed by atoms with Gasteiger partial charge >= 0.3 is 0 Å². The molecule has 0 saturated heterocycles. The van der Waals surface area contributed by atoms with E-state index in [0.29, 0.717) is 5.69 Å². The molecule has 0 bridgehead atoms. The highest BCUT2D eigenvalue weighted by Crippen LogP contribution is 2.18. The van der Waals surface area contributed by atoms with Crippen molar-refractivity contribution in [3.05, 3.63) is 24.3 Å². The first-order valence-corrected chi connectivity index (χ1v) is 4.74. The first-order chi connectivity index (χ1) is 6.81. The zero-order valence-corrected chi connectivity index (χ0v) is 8.53. The average molecular weight is 190 g/mol. The SMILES string of the molecule is CCN(CC)c1ccc(N=C=O)cc1. The van der Waals surface area contributed by atoms with Crippen molar-refractivity contribution in [2.24, 2.45) is 4.99 Å². The number of carbonyl (C=O) groups excluding carboxylic acids is 1. The number of benzene rings is 1. The van der Waals surface area contributed by atoms with Crippen molar-refractivity contribution in [1.29, 1.82) is 0 Å². The number of rotatable bonds is 4. The lowest BCUT2D eigenvalue weighted by molar-refractivity contribution is 0.565. The minimum absolute atomic E-state index is 0.649. The van der Waals surface area contributed by atoms with E-state index in [1.165, 1.54) is 6.08 Å². The molecule has 0 amide bonds. The summed E-state index contributed by atoms with van der Waals surface area (Å²) < 4.78 is 0. The molecular weight excluding hydrogens is 176 g/mol. The van der Waals surface area contributed by atoms with Gasteiger partial charge in [-0.25, -0.2) is 4.79 Å². The second kappa shape index (κ2) is 5.20. The van der Waals surface area contributed by atoms with E-state index in [4.69, 9.17) is 0 Å². The van der Waals surface area contributed by atoms with E-state index in [2.05, 4.69) is 23.7 Å². The van der Waals surface area contributed by atoms with Gasteiger partial charge in [-0.05, 0) is 38.1 Å². The van der Waals surface area contributed by atoms with Crippen molar-refractivity contribution >= 4 is 17.5 Å². The fraction of sp³-hybridized carbons (Fsp3) is 0.364. The van der Waals surface area contributed by atoms with Crippen molar-refractivity contribution < 1.29 is 4.79 Å². The molecule has 0 aliphatic heterocycles. The third-order valence-electron chi connectivity index (χ3n) is 2.15. The van der Waals surface area contributed by atoms with Crippen LogP contribution in [0.25, 0.3) is 0 Å². The van der Waals surface area contributed by atoms with Crippen molar-refractivity contribution in [1.82, 2.24) is 0 Å². The highest BCUT2D eigenvalue weighted by Gasteiger charge is 2.00. The quantitative estimate of drug-likeness (QED) is 0.539. The molecule has 3 heteroatoms. The Hall–Kier alpha value is -1.60. The fourth-order valence-electron chi connectivity index (χ4n) is 1.38. The summed E-state index contributed by atoms with van der Waals surface area (Å²) in [6.45, 7) is 6.18. The zero-order valence-electron chi connectivity index (χ0n) is 8.53. The molecule has 0 heterocycles. The summed E-state index contributed by atoms with van der Waals surface area (Å²) >= 11 is 0. The number of hydrogen-bond donors (Lipinski definition) is 0. The van der Waals surface area contributed by atoms with E-state index in [9.17, 15) is 4.79 Å². The summed E-state index contributed by atoms with van der Waals surface area (Å²) in [6.07, 6.45) is 1.52. The molecular formula is C11H14N2O. The maximum Gasteiger partial charge on any atom is 0.240 e. The van der Waals surface area contributed by atoms with Gasteiger partial charge in [0.05, 0.1) is 5.69 Å². The number of anilines is 1. The molecule has 1 aromatic rings. The Morgan fingerprint density at radius 3 is 2.21 bits per heavy atom. The van der Waals surface area contributed by atoms with Crippen molar-refractivity contribution in [3.8, 4) is 0 Å². The second-order valence-corrected chi connectivity index (χ2v) is 2.89. The second-order valence-electron chi connectivity index (χ2n) is 2.89. The van der Waals surface area contributed by atoms with E-state index < -0.39 is 0 Å². The summed E-state index contributed by atoms with van der Waals surface area (Å²) in [4.78, 5) is 15.8. The Kier molecular flexibility index (Phi) is 3.89. The molecule has 0 saturated carbocycles. The lowest BCUT2D eigenvalue weighted by Gasteiger charge is -2.20. The number of hydrogen-bond acceptors (Lipinski definition) is 3. The summed E-state index contributed by atoms with van der Waals surface area (Å²) in [7, 11) is 0. The third kappa shape index (κ3) is 2.44. The van der Waals surface area contributed by atoms with E-state index >= 15 is 0 Å². The van der Waals surface area contributed by atoms with Crippen molar-refractivity contribution in [2.45, 2.75) is 13.8 Å². The Balaban J connectivity index is 2.86. The lowest BCUT2D eigenvalue weighted by atomic mass is 10.2. The molecule has 1 rings (SSSR count). The van der Waals surface area contributed by atoms with E-state index in [0.717, 1.165) is 18.8 Å². The topological polar surface area (TPSA) is 32.7 Å². The number of isocyanates is 1. The van der Waals surface area contributed by atoms with Crippen LogP contribution < -0.4 is 4.90 Å². The van der Waals surface area contributed by atoms with Crippen LogP contribution in [0.15, 0.2) is 29.3 Å². The number of nitrogens with zero attached hydrogens (tertiary/aromatic N) is 2. The van der Waals surface area contributed by atoms with Gasteiger partial charge in [0.2, 0.25) is 6.08 Å². The zero-order chi connectivity index (χ0) is 10.4. The van der Waals surface area contributed by atoms with Crippen molar-refractivity contribution in [3.63, 3.8) is 0 Å². The van der Waals surface area contributed by atoms with Crippen LogP contribution in [0.4, 0.5) is 11.4 Å². The Bertz CT molecular complexity index is 322. The van der Waals surface area contributed by atoms with E-state index in [1.807, 2.05) is 24.3 Å². The standard InChI is InChI=1S/C11H14N2O/c1-3-13(4-2)11-7-5-10(6-8-11)12-9-14/h5-8H,3-4H2,1-2H3. The molecule has 3 nitrogen and oxygen atoms in total. The van der Waals surface area contributed by atoms with Crippen LogP contribution in [0.3, 0.4) is 0 Å². The van der Waals surface area contributed by atoms with E-state index in [-0.39, 0.29) is 0 Å². The Morgan fingerprint density at radius 1 is 1.21 bits per heavy atom. The van der Waals surface area contributed by atoms with Crippen LogP contribution in [0.1, 0.15) is 13.8 Å². The Labute approximate surface area is 84.1 Å². The van der Waals surface area contributed by atoms with Crippen LogP contribution in [-0.4, -0.2) is 19.2 Å². The van der Waals surface area contributed by atoms with Crippen LogP contribution in [0.5, 0.6) is 0 Å². The Morgan fingerprint density at radius 2 is 1.79 bits per heavy atom. The van der Waals surface area contributed by atoms with Crippen LogP contribution >= 0.6 is 0 Å². The molecule has 1 aromatic carbocycles. The van der Waals surface area contributed by atoms with E-state index in [1.54, 1.807) is 0 Å². The van der Waals surface area contributed by atoms with Crippen molar-refractivity contribution in [2.75, 3.05) is 18.0 Å². The van der Waals surface area contributed by atoms with Gasteiger partial charge in [0.1, 0.15) is 0 Å². The largest absolute Gasteiger partial charge is 0.372 e. The van der Waals surface area contributed by atoms with Gasteiger partial charge in [-0.1, -0.05) is 0 Å². The van der Waals surface area contributed by atoms with Gasteiger partial charge < -0.3 is 4.90 Å². The van der Waals surface area contributed by atoms with Crippen LogP contribution in [0.2, 0.25) is 0 Å². The lowest BCUT2D eigenvalue weighted by Crippen LogP contribution is -2.21. The summed E-state index contributed by atoms with van der Waals surface area (Å²) in [6, 6.07) is 7.56. The van der Waals surface area contributed by atoms with Gasteiger partial charge in [0.25, 0.3) is 0 Å². The predicted octanol–water partition coefficient (Wildman–Crippen LogP) is 2.50. The molecule has 0 atom stereocenters. The molecule has 0 aromatic heterocycles. The monoisotopic (exact) mass is 190 g/mol. The normalized spacial score (nSPS) is 9.29. The molecule has 0 aliphatic carbocycles.